The second-order valence-corrected chi connectivity index (χ2v) is 4.83. The van der Waals surface area contributed by atoms with Crippen molar-refractivity contribution in [2.24, 2.45) is 0 Å². The van der Waals surface area contributed by atoms with Crippen molar-refractivity contribution < 1.29 is 4.74 Å². The topological polar surface area (TPSA) is 101 Å². The van der Waals surface area contributed by atoms with Crippen LogP contribution in [0.2, 0.25) is 0 Å². The molecular formula is C14H16N6O. The van der Waals surface area contributed by atoms with Gasteiger partial charge in [-0.15, -0.1) is 5.10 Å². The molecule has 1 aliphatic rings. The molecule has 0 bridgehead atoms. The molecule has 0 amide bonds. The first kappa shape index (κ1) is 13.3. The van der Waals surface area contributed by atoms with Crippen molar-refractivity contribution in [3.63, 3.8) is 0 Å². The fourth-order valence-electron chi connectivity index (χ4n) is 2.15. The molecule has 1 aromatic carbocycles. The number of nitrogen functional groups attached to an aromatic ring is 1. The third-order valence-corrected chi connectivity index (χ3v) is 3.47. The lowest BCUT2D eigenvalue weighted by atomic mass is 10.2. The van der Waals surface area contributed by atoms with Crippen molar-refractivity contribution in [1.29, 1.82) is 5.26 Å². The van der Waals surface area contributed by atoms with E-state index in [1.165, 1.54) is 0 Å². The molecular weight excluding hydrogens is 268 g/mol. The summed E-state index contributed by atoms with van der Waals surface area (Å²) in [5.74, 6) is 1.61. The van der Waals surface area contributed by atoms with Gasteiger partial charge in [0.15, 0.2) is 5.82 Å². The molecule has 3 rings (SSSR count). The van der Waals surface area contributed by atoms with Gasteiger partial charge in [0.2, 0.25) is 0 Å². The van der Waals surface area contributed by atoms with Crippen LogP contribution in [0.5, 0.6) is 5.75 Å². The molecule has 1 saturated heterocycles. The van der Waals surface area contributed by atoms with Crippen molar-refractivity contribution in [2.45, 2.75) is 6.04 Å². The van der Waals surface area contributed by atoms with E-state index in [1.54, 1.807) is 11.8 Å². The largest absolute Gasteiger partial charge is 0.497 e. The molecule has 2 aromatic rings. The van der Waals surface area contributed by atoms with Gasteiger partial charge in [-0.05, 0) is 24.3 Å². The third-order valence-electron chi connectivity index (χ3n) is 3.47. The molecule has 0 aliphatic carbocycles. The summed E-state index contributed by atoms with van der Waals surface area (Å²) in [5.41, 5.74) is 7.20. The van der Waals surface area contributed by atoms with E-state index in [4.69, 9.17) is 10.5 Å². The Morgan fingerprint density at radius 2 is 2.14 bits per heavy atom. The molecule has 0 spiro atoms. The Kier molecular flexibility index (Phi) is 3.38. The Balaban J connectivity index is 1.95. The lowest BCUT2D eigenvalue weighted by Gasteiger charge is -2.27. The standard InChI is InChI=1S/C14H16N6O/c1-21-11-4-2-10(3-5-11)20-13(16)12(6-15)14(19-20)18-9-7-17-8-9/h2-5,9,17H,7-8,16H2,1H3,(H,18,19). The average molecular weight is 284 g/mol. The van der Waals surface area contributed by atoms with E-state index < -0.39 is 0 Å². The van der Waals surface area contributed by atoms with Crippen LogP contribution in [0.3, 0.4) is 0 Å². The van der Waals surface area contributed by atoms with Gasteiger partial charge in [0.1, 0.15) is 23.2 Å². The fraction of sp³-hybridized carbons (Fsp3) is 0.286. The summed E-state index contributed by atoms with van der Waals surface area (Å²) < 4.78 is 6.69. The van der Waals surface area contributed by atoms with E-state index in [0.29, 0.717) is 17.2 Å². The van der Waals surface area contributed by atoms with Crippen molar-refractivity contribution >= 4 is 11.6 Å². The van der Waals surface area contributed by atoms with Crippen LogP contribution >= 0.6 is 0 Å². The first-order valence-corrected chi connectivity index (χ1v) is 6.63. The summed E-state index contributed by atoms with van der Waals surface area (Å²) >= 11 is 0. The van der Waals surface area contributed by atoms with Gasteiger partial charge < -0.3 is 21.1 Å². The van der Waals surface area contributed by atoms with Crippen LogP contribution in [0.15, 0.2) is 24.3 Å². The molecule has 4 N–H and O–H groups in total. The van der Waals surface area contributed by atoms with E-state index >= 15 is 0 Å². The summed E-state index contributed by atoms with van der Waals surface area (Å²) in [6, 6.07) is 9.74. The Labute approximate surface area is 122 Å². The lowest BCUT2D eigenvalue weighted by Crippen LogP contribution is -2.51. The molecule has 1 aromatic heterocycles. The van der Waals surface area contributed by atoms with Crippen LogP contribution in [0.4, 0.5) is 11.6 Å². The maximum absolute atomic E-state index is 9.29. The molecule has 108 valence electrons. The van der Waals surface area contributed by atoms with Gasteiger partial charge in [-0.25, -0.2) is 4.68 Å². The van der Waals surface area contributed by atoms with E-state index in [0.717, 1.165) is 24.5 Å². The number of nitriles is 1. The van der Waals surface area contributed by atoms with Crippen LogP contribution in [-0.2, 0) is 0 Å². The minimum atomic E-state index is 0.288. The normalized spacial score (nSPS) is 14.3. The zero-order chi connectivity index (χ0) is 14.8. The monoisotopic (exact) mass is 284 g/mol. The van der Waals surface area contributed by atoms with Crippen LogP contribution in [0, 0.1) is 11.3 Å². The van der Waals surface area contributed by atoms with Crippen molar-refractivity contribution in [1.82, 2.24) is 15.1 Å². The van der Waals surface area contributed by atoms with Crippen molar-refractivity contribution in [3.05, 3.63) is 29.8 Å². The van der Waals surface area contributed by atoms with E-state index in [9.17, 15) is 5.26 Å². The maximum atomic E-state index is 9.29. The molecule has 7 heteroatoms. The van der Waals surface area contributed by atoms with Gasteiger partial charge in [-0.2, -0.15) is 5.26 Å². The number of hydrogen-bond acceptors (Lipinski definition) is 6. The zero-order valence-electron chi connectivity index (χ0n) is 11.6. The summed E-state index contributed by atoms with van der Waals surface area (Å²) in [6.45, 7) is 1.72. The number of methoxy groups -OCH3 is 1. The summed E-state index contributed by atoms with van der Waals surface area (Å²) in [5, 5.41) is 20.1. The van der Waals surface area contributed by atoms with E-state index in [2.05, 4.69) is 21.8 Å². The fourth-order valence-corrected chi connectivity index (χ4v) is 2.15. The van der Waals surface area contributed by atoms with E-state index in [-0.39, 0.29) is 6.04 Å². The minimum absolute atomic E-state index is 0.288. The minimum Gasteiger partial charge on any atom is -0.497 e. The van der Waals surface area contributed by atoms with Crippen molar-refractivity contribution in [2.75, 3.05) is 31.2 Å². The first-order chi connectivity index (χ1) is 10.2. The summed E-state index contributed by atoms with van der Waals surface area (Å²) in [4.78, 5) is 0. The third kappa shape index (κ3) is 2.37. The molecule has 1 aliphatic heterocycles. The number of ether oxygens (including phenoxy) is 1. The number of aromatic nitrogens is 2. The molecule has 7 nitrogen and oxygen atoms in total. The lowest BCUT2D eigenvalue weighted by molar-refractivity contribution is 0.414. The second-order valence-electron chi connectivity index (χ2n) is 4.83. The van der Waals surface area contributed by atoms with Gasteiger partial charge in [-0.1, -0.05) is 0 Å². The van der Waals surface area contributed by atoms with Crippen LogP contribution in [-0.4, -0.2) is 36.0 Å². The SMILES string of the molecule is COc1ccc(-n2nc(NC3CNC3)c(C#N)c2N)cc1. The molecule has 0 radical (unpaired) electrons. The number of nitrogens with zero attached hydrogens (tertiary/aromatic N) is 3. The van der Waals surface area contributed by atoms with Crippen LogP contribution < -0.4 is 21.1 Å². The predicted octanol–water partition coefficient (Wildman–Crippen LogP) is 0.718. The molecule has 0 atom stereocenters. The number of nitrogens with one attached hydrogen (secondary N) is 2. The smallest absolute Gasteiger partial charge is 0.169 e. The Morgan fingerprint density at radius 1 is 1.43 bits per heavy atom. The number of rotatable bonds is 4. The van der Waals surface area contributed by atoms with Gasteiger partial charge >= 0.3 is 0 Å². The molecule has 0 unspecified atom stereocenters. The van der Waals surface area contributed by atoms with Crippen LogP contribution in [0.25, 0.3) is 5.69 Å². The quantitative estimate of drug-likeness (QED) is 0.764. The zero-order valence-corrected chi connectivity index (χ0v) is 11.6. The van der Waals surface area contributed by atoms with Crippen LogP contribution in [0.1, 0.15) is 5.56 Å². The number of anilines is 2. The first-order valence-electron chi connectivity index (χ1n) is 6.63. The van der Waals surface area contributed by atoms with Gasteiger partial charge in [0.25, 0.3) is 0 Å². The Hall–Kier alpha value is -2.72. The number of nitrogens with two attached hydrogens (primary N) is 1. The van der Waals surface area contributed by atoms with Gasteiger partial charge in [0, 0.05) is 13.1 Å². The molecule has 0 saturated carbocycles. The number of benzene rings is 1. The van der Waals surface area contributed by atoms with Crippen molar-refractivity contribution in [3.8, 4) is 17.5 Å². The van der Waals surface area contributed by atoms with Gasteiger partial charge in [-0.3, -0.25) is 0 Å². The highest BCUT2D eigenvalue weighted by molar-refractivity contribution is 5.66. The van der Waals surface area contributed by atoms with E-state index in [1.807, 2.05) is 24.3 Å². The average Bonchev–Trinajstić information content (AvgIpc) is 2.79. The highest BCUT2D eigenvalue weighted by Crippen LogP contribution is 2.25. The summed E-state index contributed by atoms with van der Waals surface area (Å²) in [6.07, 6.45) is 0. The molecule has 1 fully saturated rings. The Morgan fingerprint density at radius 3 is 2.67 bits per heavy atom. The highest BCUT2D eigenvalue weighted by Gasteiger charge is 2.22. The number of hydrogen-bond donors (Lipinski definition) is 3. The second kappa shape index (κ2) is 5.34. The predicted molar refractivity (Wildman–Crippen MR) is 79.5 cm³/mol. The molecule has 21 heavy (non-hydrogen) atoms. The molecule has 2 heterocycles. The Bertz CT molecular complexity index is 681. The maximum Gasteiger partial charge on any atom is 0.169 e. The summed E-state index contributed by atoms with van der Waals surface area (Å²) in [7, 11) is 1.61. The highest BCUT2D eigenvalue weighted by atomic mass is 16.5. The van der Waals surface area contributed by atoms with Gasteiger partial charge in [0.05, 0.1) is 18.8 Å².